The summed E-state index contributed by atoms with van der Waals surface area (Å²) in [7, 11) is 1.58. The molecule has 1 aromatic carbocycles. The molecule has 0 aromatic heterocycles. The van der Waals surface area contributed by atoms with Gasteiger partial charge < -0.3 is 10.6 Å². The second-order valence-corrected chi connectivity index (χ2v) is 6.00. The molecule has 2 aliphatic carbocycles. The summed E-state index contributed by atoms with van der Waals surface area (Å²) in [5, 5.41) is 5.86. The van der Waals surface area contributed by atoms with E-state index in [1.807, 2.05) is 0 Å². The predicted octanol–water partition coefficient (Wildman–Crippen LogP) is 2.69. The minimum atomic E-state index is -4.14. The summed E-state index contributed by atoms with van der Waals surface area (Å²) in [6, 6.07) is 8.52. The lowest BCUT2D eigenvalue weighted by Crippen LogP contribution is -2.40. The van der Waals surface area contributed by atoms with Crippen LogP contribution in [0.15, 0.2) is 29.3 Å². The summed E-state index contributed by atoms with van der Waals surface area (Å²) < 4.78 is 36.4. The highest BCUT2D eigenvalue weighted by Crippen LogP contribution is 2.60. The predicted molar refractivity (Wildman–Crippen MR) is 79.9 cm³/mol. The minimum absolute atomic E-state index is 0.149. The van der Waals surface area contributed by atoms with E-state index in [2.05, 4.69) is 39.9 Å². The average molecular weight is 311 g/mol. The molecule has 0 bridgehead atoms. The molecule has 1 saturated carbocycles. The van der Waals surface area contributed by atoms with Gasteiger partial charge in [0.2, 0.25) is 0 Å². The fraction of sp³-hybridized carbons (Fsp3) is 0.562. The standard InChI is InChI=1S/C16H20F3N3/c1-20-15(21-7-6-16(17,18)19)22-9-13-12-8-10-4-2-3-5-11(10)14(12)13/h2-5,12-14H,6-9H2,1H3,(H2,20,21,22). The normalized spacial score (nSPS) is 26.4. The summed E-state index contributed by atoms with van der Waals surface area (Å²) in [5.41, 5.74) is 2.89. The molecule has 2 N–H and O–H groups in total. The lowest BCUT2D eigenvalue weighted by Gasteiger charge is -2.14. The first-order valence-electron chi connectivity index (χ1n) is 7.58. The molecule has 3 nitrogen and oxygen atoms in total. The van der Waals surface area contributed by atoms with E-state index in [1.165, 1.54) is 11.1 Å². The van der Waals surface area contributed by atoms with Crippen molar-refractivity contribution in [3.63, 3.8) is 0 Å². The second-order valence-electron chi connectivity index (χ2n) is 6.00. The molecule has 3 atom stereocenters. The summed E-state index contributed by atoms with van der Waals surface area (Å²) in [6.45, 7) is 0.610. The van der Waals surface area contributed by atoms with Crippen LogP contribution in [0.3, 0.4) is 0 Å². The number of hydrogen-bond acceptors (Lipinski definition) is 1. The Balaban J connectivity index is 1.44. The zero-order valence-corrected chi connectivity index (χ0v) is 12.5. The van der Waals surface area contributed by atoms with Crippen molar-refractivity contribution in [3.8, 4) is 0 Å². The SMILES string of the molecule is CN=C(NCCC(F)(F)F)NCC1C2Cc3ccccc3C12. The van der Waals surface area contributed by atoms with E-state index in [-0.39, 0.29) is 6.54 Å². The third-order valence-corrected chi connectivity index (χ3v) is 4.63. The van der Waals surface area contributed by atoms with Gasteiger partial charge in [0.05, 0.1) is 6.42 Å². The molecule has 3 rings (SSSR count). The Morgan fingerprint density at radius 2 is 2.05 bits per heavy atom. The number of nitrogens with one attached hydrogen (secondary N) is 2. The molecule has 0 spiro atoms. The number of aliphatic imine (C=N–C) groups is 1. The van der Waals surface area contributed by atoms with Gasteiger partial charge in [-0.05, 0) is 35.3 Å². The van der Waals surface area contributed by atoms with E-state index in [4.69, 9.17) is 0 Å². The van der Waals surface area contributed by atoms with E-state index in [0.29, 0.717) is 23.7 Å². The van der Waals surface area contributed by atoms with E-state index in [9.17, 15) is 13.2 Å². The summed E-state index contributed by atoms with van der Waals surface area (Å²) in [4.78, 5) is 3.97. The lowest BCUT2D eigenvalue weighted by atomic mass is 10.0. The van der Waals surface area contributed by atoms with Gasteiger partial charge in [-0.2, -0.15) is 13.2 Å². The van der Waals surface area contributed by atoms with Crippen LogP contribution in [0.4, 0.5) is 13.2 Å². The van der Waals surface area contributed by atoms with Gasteiger partial charge in [-0.1, -0.05) is 24.3 Å². The van der Waals surface area contributed by atoms with Crippen molar-refractivity contribution in [2.45, 2.75) is 24.9 Å². The van der Waals surface area contributed by atoms with Crippen LogP contribution in [0.2, 0.25) is 0 Å². The molecule has 0 amide bonds. The quantitative estimate of drug-likeness (QED) is 0.662. The van der Waals surface area contributed by atoms with E-state index in [1.54, 1.807) is 7.05 Å². The van der Waals surface area contributed by atoms with Crippen LogP contribution in [-0.4, -0.2) is 32.3 Å². The summed E-state index contributed by atoms with van der Waals surface area (Å²) in [5.74, 6) is 2.30. The van der Waals surface area contributed by atoms with Gasteiger partial charge >= 0.3 is 6.18 Å². The van der Waals surface area contributed by atoms with Crippen molar-refractivity contribution in [1.29, 1.82) is 0 Å². The zero-order valence-electron chi connectivity index (χ0n) is 12.5. The van der Waals surface area contributed by atoms with E-state index >= 15 is 0 Å². The monoisotopic (exact) mass is 311 g/mol. The molecule has 0 heterocycles. The van der Waals surface area contributed by atoms with Gasteiger partial charge in [-0.3, -0.25) is 4.99 Å². The lowest BCUT2D eigenvalue weighted by molar-refractivity contribution is -0.132. The number of fused-ring (bicyclic) bond motifs is 3. The number of hydrogen-bond donors (Lipinski definition) is 2. The molecule has 120 valence electrons. The highest BCUT2D eigenvalue weighted by Gasteiger charge is 2.54. The molecule has 2 aliphatic rings. The van der Waals surface area contributed by atoms with Gasteiger partial charge in [0.25, 0.3) is 0 Å². The Hall–Kier alpha value is -1.72. The van der Waals surface area contributed by atoms with Crippen LogP contribution in [0.25, 0.3) is 0 Å². The Morgan fingerprint density at radius 1 is 1.27 bits per heavy atom. The molecule has 1 fully saturated rings. The third kappa shape index (κ3) is 3.20. The van der Waals surface area contributed by atoms with Crippen LogP contribution >= 0.6 is 0 Å². The molecule has 6 heteroatoms. The Kier molecular flexibility index (Phi) is 4.02. The van der Waals surface area contributed by atoms with Crippen LogP contribution in [-0.2, 0) is 6.42 Å². The van der Waals surface area contributed by atoms with E-state index in [0.717, 1.165) is 13.0 Å². The van der Waals surface area contributed by atoms with Crippen LogP contribution in [0.5, 0.6) is 0 Å². The number of rotatable bonds is 4. The third-order valence-electron chi connectivity index (χ3n) is 4.63. The molecule has 22 heavy (non-hydrogen) atoms. The Bertz CT molecular complexity index is 568. The number of halogens is 3. The van der Waals surface area contributed by atoms with E-state index < -0.39 is 12.6 Å². The largest absolute Gasteiger partial charge is 0.390 e. The molecule has 3 unspecified atom stereocenters. The summed E-state index contributed by atoms with van der Waals surface area (Å²) >= 11 is 0. The Labute approximate surface area is 128 Å². The number of alkyl halides is 3. The van der Waals surface area contributed by atoms with Crippen molar-refractivity contribution in [2.75, 3.05) is 20.1 Å². The highest BCUT2D eigenvalue weighted by atomic mass is 19.4. The Morgan fingerprint density at radius 3 is 2.77 bits per heavy atom. The number of nitrogens with zero attached hydrogens (tertiary/aromatic N) is 1. The summed E-state index contributed by atoms with van der Waals surface area (Å²) in [6.07, 6.45) is -3.87. The maximum Gasteiger partial charge on any atom is 0.390 e. The minimum Gasteiger partial charge on any atom is -0.356 e. The van der Waals surface area contributed by atoms with Gasteiger partial charge in [-0.15, -0.1) is 0 Å². The van der Waals surface area contributed by atoms with Crippen molar-refractivity contribution >= 4 is 5.96 Å². The van der Waals surface area contributed by atoms with Crippen LogP contribution in [0, 0.1) is 11.8 Å². The maximum absolute atomic E-state index is 12.1. The van der Waals surface area contributed by atoms with Gasteiger partial charge in [-0.25, -0.2) is 0 Å². The van der Waals surface area contributed by atoms with Crippen molar-refractivity contribution in [1.82, 2.24) is 10.6 Å². The van der Waals surface area contributed by atoms with Crippen molar-refractivity contribution < 1.29 is 13.2 Å². The van der Waals surface area contributed by atoms with Gasteiger partial charge in [0.15, 0.2) is 5.96 Å². The first-order valence-corrected chi connectivity index (χ1v) is 7.58. The highest BCUT2D eigenvalue weighted by molar-refractivity contribution is 5.79. The first-order chi connectivity index (χ1) is 10.5. The average Bonchev–Trinajstić information content (AvgIpc) is 3.00. The zero-order chi connectivity index (χ0) is 15.7. The van der Waals surface area contributed by atoms with Gasteiger partial charge in [0.1, 0.15) is 0 Å². The first kappa shape index (κ1) is 15.2. The molecular weight excluding hydrogens is 291 g/mol. The maximum atomic E-state index is 12.1. The van der Waals surface area contributed by atoms with Crippen molar-refractivity contribution in [3.05, 3.63) is 35.4 Å². The molecule has 0 saturated heterocycles. The fourth-order valence-corrected chi connectivity index (χ4v) is 3.52. The topological polar surface area (TPSA) is 36.4 Å². The molecule has 0 radical (unpaired) electrons. The van der Waals surface area contributed by atoms with Crippen LogP contribution < -0.4 is 10.6 Å². The van der Waals surface area contributed by atoms with Crippen LogP contribution in [0.1, 0.15) is 23.5 Å². The van der Waals surface area contributed by atoms with Gasteiger partial charge in [0, 0.05) is 20.1 Å². The second kappa shape index (κ2) is 5.82. The molecular formula is C16H20F3N3. The molecule has 1 aromatic rings. The smallest absolute Gasteiger partial charge is 0.356 e. The number of benzene rings is 1. The fourth-order valence-electron chi connectivity index (χ4n) is 3.52. The number of guanidine groups is 1. The van der Waals surface area contributed by atoms with Crippen molar-refractivity contribution in [2.24, 2.45) is 16.8 Å². The molecule has 0 aliphatic heterocycles.